The molecule has 0 fully saturated rings. The second-order valence-corrected chi connectivity index (χ2v) is 8.65. The van der Waals surface area contributed by atoms with Crippen LogP contribution in [0.1, 0.15) is 42.7 Å². The van der Waals surface area contributed by atoms with Gasteiger partial charge in [0, 0.05) is 17.4 Å². The molecule has 4 rings (SSSR count). The van der Waals surface area contributed by atoms with Gasteiger partial charge in [0.1, 0.15) is 11.3 Å². The summed E-state index contributed by atoms with van der Waals surface area (Å²) in [6.45, 7) is 7.77. The summed E-state index contributed by atoms with van der Waals surface area (Å²) in [5.74, 6) is 0.511. The number of anilines is 1. The fourth-order valence-electron chi connectivity index (χ4n) is 3.11. The van der Waals surface area contributed by atoms with Crippen LogP contribution in [0, 0.1) is 12.3 Å². The Morgan fingerprint density at radius 3 is 2.84 bits per heavy atom. The molecule has 8 nitrogen and oxygen atoms in total. The molecule has 0 spiro atoms. The first-order valence-electron chi connectivity index (χ1n) is 10.1. The molecule has 160 valence electrons. The fourth-order valence-corrected chi connectivity index (χ4v) is 3.11. The average Bonchev–Trinajstić information content (AvgIpc) is 3.36. The van der Waals surface area contributed by atoms with E-state index in [0.717, 1.165) is 5.56 Å². The van der Waals surface area contributed by atoms with Crippen molar-refractivity contribution in [3.05, 3.63) is 65.9 Å². The molecule has 0 aliphatic heterocycles. The van der Waals surface area contributed by atoms with Crippen molar-refractivity contribution >= 4 is 17.2 Å². The van der Waals surface area contributed by atoms with Crippen molar-refractivity contribution in [1.82, 2.24) is 19.5 Å². The van der Waals surface area contributed by atoms with Crippen LogP contribution in [-0.4, -0.2) is 36.6 Å². The minimum absolute atomic E-state index is 0.263. The smallest absolute Gasteiger partial charge is 0.274 e. The normalized spacial score (nSPS) is 12.8. The topological polar surface area (TPSA) is 106 Å². The molecule has 0 bridgehead atoms. The quantitative estimate of drug-likeness (QED) is 0.508. The number of fused-ring (bicyclic) bond motifs is 1. The van der Waals surface area contributed by atoms with Gasteiger partial charge < -0.3 is 14.9 Å². The molecule has 0 saturated carbocycles. The summed E-state index contributed by atoms with van der Waals surface area (Å²) in [6, 6.07) is 11.1. The highest BCUT2D eigenvalue weighted by Gasteiger charge is 2.25. The van der Waals surface area contributed by atoms with E-state index in [1.165, 1.54) is 0 Å². The van der Waals surface area contributed by atoms with Gasteiger partial charge in [-0.05, 0) is 36.1 Å². The fraction of sp³-hybridized carbons (Fsp3) is 0.304. The van der Waals surface area contributed by atoms with Gasteiger partial charge in [0.05, 0.1) is 18.7 Å². The van der Waals surface area contributed by atoms with Crippen LogP contribution in [-0.2, 0) is 6.42 Å². The summed E-state index contributed by atoms with van der Waals surface area (Å²) in [5, 5.41) is 17.3. The van der Waals surface area contributed by atoms with Crippen LogP contribution in [0.3, 0.4) is 0 Å². The lowest BCUT2D eigenvalue weighted by atomic mass is 9.87. The molecule has 0 aliphatic rings. The monoisotopic (exact) mass is 419 g/mol. The Morgan fingerprint density at radius 1 is 1.26 bits per heavy atom. The van der Waals surface area contributed by atoms with Crippen molar-refractivity contribution in [2.45, 2.75) is 40.2 Å². The van der Waals surface area contributed by atoms with Crippen molar-refractivity contribution in [2.75, 3.05) is 5.32 Å². The molecule has 4 aromatic rings. The number of aryl methyl sites for hydroxylation is 1. The Bertz CT molecular complexity index is 1240. The summed E-state index contributed by atoms with van der Waals surface area (Å²) in [7, 11) is 0. The SMILES string of the molecule is Cc1ccc(-c2noc(CC(O)C(C)(C)C)n2)cc1NC(=O)c1cnc2ccccn12. The number of hydrogen-bond donors (Lipinski definition) is 2. The number of carbonyl (C=O) groups excluding carboxylic acids is 1. The molecule has 2 N–H and O–H groups in total. The minimum atomic E-state index is -0.598. The number of imidazole rings is 1. The number of aromatic nitrogens is 4. The number of aliphatic hydroxyl groups excluding tert-OH is 1. The Hall–Kier alpha value is -3.52. The molecule has 0 aliphatic carbocycles. The van der Waals surface area contributed by atoms with Crippen LogP contribution in [0.5, 0.6) is 0 Å². The number of carbonyl (C=O) groups is 1. The van der Waals surface area contributed by atoms with Crippen LogP contribution < -0.4 is 5.32 Å². The lowest BCUT2D eigenvalue weighted by Crippen LogP contribution is -2.28. The zero-order valence-electron chi connectivity index (χ0n) is 18.0. The van der Waals surface area contributed by atoms with Crippen molar-refractivity contribution in [2.24, 2.45) is 5.41 Å². The Morgan fingerprint density at radius 2 is 2.06 bits per heavy atom. The third-order valence-corrected chi connectivity index (χ3v) is 5.23. The van der Waals surface area contributed by atoms with Gasteiger partial charge in [-0.3, -0.25) is 9.20 Å². The predicted octanol–water partition coefficient (Wildman–Crippen LogP) is 3.89. The van der Waals surface area contributed by atoms with Gasteiger partial charge in [-0.25, -0.2) is 4.98 Å². The lowest BCUT2D eigenvalue weighted by Gasteiger charge is -2.24. The molecular formula is C23H25N5O3. The molecule has 0 radical (unpaired) electrons. The van der Waals surface area contributed by atoms with Crippen LogP contribution in [0.2, 0.25) is 0 Å². The maximum Gasteiger partial charge on any atom is 0.274 e. The van der Waals surface area contributed by atoms with E-state index in [1.54, 1.807) is 16.8 Å². The molecule has 3 aromatic heterocycles. The van der Waals surface area contributed by atoms with Crippen molar-refractivity contribution in [3.8, 4) is 11.4 Å². The standard InChI is InChI=1S/C23H25N5O3/c1-14-8-9-15(21-26-20(31-27-21)12-18(29)23(2,3)4)11-16(14)25-22(30)17-13-24-19-7-5-6-10-28(17)19/h5-11,13,18,29H,12H2,1-4H3,(H,25,30). The third-order valence-electron chi connectivity index (χ3n) is 5.23. The van der Waals surface area contributed by atoms with Gasteiger partial charge >= 0.3 is 0 Å². The Balaban J connectivity index is 1.56. The van der Waals surface area contributed by atoms with Crippen LogP contribution in [0.15, 0.2) is 53.3 Å². The van der Waals surface area contributed by atoms with Gasteiger partial charge in [0.2, 0.25) is 11.7 Å². The van der Waals surface area contributed by atoms with Crippen molar-refractivity contribution in [3.63, 3.8) is 0 Å². The first-order chi connectivity index (χ1) is 14.7. The lowest BCUT2D eigenvalue weighted by molar-refractivity contribution is 0.0565. The maximum atomic E-state index is 12.9. The number of amides is 1. The summed E-state index contributed by atoms with van der Waals surface area (Å²) >= 11 is 0. The van der Waals surface area contributed by atoms with E-state index >= 15 is 0 Å². The second kappa shape index (κ2) is 7.96. The zero-order valence-corrected chi connectivity index (χ0v) is 18.0. The zero-order chi connectivity index (χ0) is 22.2. The number of nitrogens with zero attached hydrogens (tertiary/aromatic N) is 4. The van der Waals surface area contributed by atoms with E-state index < -0.39 is 6.10 Å². The van der Waals surface area contributed by atoms with Crippen LogP contribution >= 0.6 is 0 Å². The molecule has 31 heavy (non-hydrogen) atoms. The van der Waals surface area contributed by atoms with Crippen LogP contribution in [0.4, 0.5) is 5.69 Å². The highest BCUT2D eigenvalue weighted by molar-refractivity contribution is 6.04. The van der Waals surface area contributed by atoms with Gasteiger partial charge in [-0.2, -0.15) is 4.98 Å². The van der Waals surface area contributed by atoms with E-state index in [9.17, 15) is 9.90 Å². The minimum Gasteiger partial charge on any atom is -0.392 e. The van der Waals surface area contributed by atoms with E-state index in [4.69, 9.17) is 4.52 Å². The molecular weight excluding hydrogens is 394 g/mol. The predicted molar refractivity (Wildman–Crippen MR) is 117 cm³/mol. The van der Waals surface area contributed by atoms with E-state index in [-0.39, 0.29) is 17.7 Å². The van der Waals surface area contributed by atoms with Gasteiger partial charge in [-0.15, -0.1) is 0 Å². The molecule has 8 heteroatoms. The molecule has 1 aromatic carbocycles. The molecule has 3 heterocycles. The number of benzene rings is 1. The Labute approximate surface area is 179 Å². The van der Waals surface area contributed by atoms with Gasteiger partial charge in [0.15, 0.2) is 0 Å². The maximum absolute atomic E-state index is 12.9. The summed E-state index contributed by atoms with van der Waals surface area (Å²) in [6.07, 6.45) is 3.03. The third kappa shape index (κ3) is 4.34. The number of aliphatic hydroxyl groups is 1. The number of pyridine rings is 1. The first kappa shape index (κ1) is 20.7. The summed E-state index contributed by atoms with van der Waals surface area (Å²) in [5.41, 5.74) is 3.12. The molecule has 1 amide bonds. The van der Waals surface area contributed by atoms with Crippen LogP contribution in [0.25, 0.3) is 17.0 Å². The van der Waals surface area contributed by atoms with Gasteiger partial charge in [-0.1, -0.05) is 44.1 Å². The largest absolute Gasteiger partial charge is 0.392 e. The van der Waals surface area contributed by atoms with E-state index in [2.05, 4.69) is 20.4 Å². The summed E-state index contributed by atoms with van der Waals surface area (Å²) in [4.78, 5) is 21.5. The highest BCUT2D eigenvalue weighted by atomic mass is 16.5. The Kier molecular flexibility index (Phi) is 5.32. The van der Waals surface area contributed by atoms with Crippen molar-refractivity contribution in [1.29, 1.82) is 0 Å². The number of rotatable bonds is 5. The molecule has 0 saturated heterocycles. The molecule has 1 unspecified atom stereocenters. The summed E-state index contributed by atoms with van der Waals surface area (Å²) < 4.78 is 7.06. The molecule has 1 atom stereocenters. The first-order valence-corrected chi connectivity index (χ1v) is 10.1. The number of hydrogen-bond acceptors (Lipinski definition) is 6. The highest BCUT2D eigenvalue weighted by Crippen LogP contribution is 2.26. The van der Waals surface area contributed by atoms with E-state index in [0.29, 0.717) is 34.3 Å². The van der Waals surface area contributed by atoms with Gasteiger partial charge in [0.25, 0.3) is 5.91 Å². The van der Waals surface area contributed by atoms with E-state index in [1.807, 2.05) is 64.1 Å². The van der Waals surface area contributed by atoms with Crippen molar-refractivity contribution < 1.29 is 14.4 Å². The average molecular weight is 419 g/mol. The second-order valence-electron chi connectivity index (χ2n) is 8.65. The number of nitrogens with one attached hydrogen (secondary N) is 1.